The van der Waals surface area contributed by atoms with Crippen molar-refractivity contribution in [2.75, 3.05) is 68.0 Å². The number of piperidine rings is 3. The second kappa shape index (κ2) is 18.7. The number of aromatic nitrogens is 4. The first-order valence-electron chi connectivity index (χ1n) is 22.9. The largest absolute Gasteiger partial charge is 0.421 e. The number of rotatable bonds is 14. The van der Waals surface area contributed by atoms with Crippen LogP contribution in [0.2, 0.25) is 0 Å². The minimum atomic E-state index is -4.62. The zero-order valence-electron chi connectivity index (χ0n) is 37.4. The maximum Gasteiger partial charge on any atom is 0.421 e. The predicted molar refractivity (Wildman–Crippen MR) is 246 cm³/mol. The number of imidazole rings is 1. The molecule has 1 amide bonds. The number of aliphatic hydroxyl groups is 1. The molecule has 2 unspecified atom stereocenters. The number of hydrogen-bond acceptors (Lipinski definition) is 11. The zero-order chi connectivity index (χ0) is 45.4. The Labute approximate surface area is 377 Å². The molecule has 1 saturated carbocycles. The highest BCUT2D eigenvalue weighted by molar-refractivity contribution is 8.00. The molecular formula is C47H62F3N9O4S. The van der Waals surface area contributed by atoms with Crippen molar-refractivity contribution in [2.24, 2.45) is 18.4 Å². The summed E-state index contributed by atoms with van der Waals surface area (Å²) in [5.74, 6) is 0.205. The topological polar surface area (TPSA) is 141 Å². The van der Waals surface area contributed by atoms with Crippen LogP contribution in [0.25, 0.3) is 11.0 Å². The average molecular weight is 906 g/mol. The van der Waals surface area contributed by atoms with Crippen LogP contribution in [0.1, 0.15) is 94.7 Å². The van der Waals surface area contributed by atoms with Crippen molar-refractivity contribution in [3.05, 3.63) is 64.2 Å². The molecule has 4 aromatic rings. The number of halogens is 3. The van der Waals surface area contributed by atoms with Gasteiger partial charge in [-0.25, -0.2) is 9.78 Å². The first kappa shape index (κ1) is 45.9. The summed E-state index contributed by atoms with van der Waals surface area (Å²) in [7, 11) is 3.31. The summed E-state index contributed by atoms with van der Waals surface area (Å²) >= 11 is 1.91. The molecule has 13 nitrogen and oxygen atoms in total. The molecule has 1 spiro atoms. The fourth-order valence-electron chi connectivity index (χ4n) is 10.7. The average Bonchev–Trinajstić information content (AvgIpc) is 3.53. The van der Waals surface area contributed by atoms with E-state index in [0.29, 0.717) is 47.9 Å². The molecule has 3 N–H and O–H groups in total. The van der Waals surface area contributed by atoms with Gasteiger partial charge in [0.05, 0.1) is 22.3 Å². The molecule has 2 aromatic heterocycles. The number of nitrogens with one attached hydrogen (secondary N) is 2. The van der Waals surface area contributed by atoms with Gasteiger partial charge in [-0.1, -0.05) is 13.0 Å². The summed E-state index contributed by atoms with van der Waals surface area (Å²) in [5, 5.41) is 17.3. The number of alkyl halides is 3. The molecule has 8 rings (SSSR count). The Balaban J connectivity index is 0.815. The van der Waals surface area contributed by atoms with E-state index in [1.165, 1.54) is 30.6 Å². The van der Waals surface area contributed by atoms with Crippen LogP contribution in [0, 0.1) is 18.3 Å². The summed E-state index contributed by atoms with van der Waals surface area (Å²) in [5.41, 5.74) is 2.41. The maximum atomic E-state index is 14.1. The van der Waals surface area contributed by atoms with Crippen molar-refractivity contribution in [1.82, 2.24) is 29.3 Å². The van der Waals surface area contributed by atoms with Gasteiger partial charge in [-0.3, -0.25) is 13.9 Å². The number of carbonyl (C=O) groups excluding carboxylic acids is 2. The van der Waals surface area contributed by atoms with E-state index < -0.39 is 23.4 Å². The van der Waals surface area contributed by atoms with Gasteiger partial charge in [0.2, 0.25) is 11.9 Å². The Morgan fingerprint density at radius 2 is 1.81 bits per heavy atom. The number of para-hydroxylation sites is 1. The van der Waals surface area contributed by atoms with Gasteiger partial charge in [-0.2, -0.15) is 18.2 Å². The number of aryl methyl sites for hydroxylation is 2. The smallest absolute Gasteiger partial charge is 0.388 e. The van der Waals surface area contributed by atoms with Crippen LogP contribution in [0.15, 0.2) is 52.3 Å². The summed E-state index contributed by atoms with van der Waals surface area (Å²) < 4.78 is 45.3. The number of likely N-dealkylation sites (tertiary alicyclic amines) is 1. The number of hydrogen-bond donors (Lipinski definition) is 3. The van der Waals surface area contributed by atoms with Crippen LogP contribution in [-0.4, -0.2) is 105 Å². The molecule has 0 radical (unpaired) electrons. The molecule has 5 heterocycles. The number of thioether (sulfide) groups is 1. The lowest BCUT2D eigenvalue weighted by Gasteiger charge is -2.52. The molecule has 4 aliphatic rings. The Hall–Kier alpha value is -4.61. The van der Waals surface area contributed by atoms with E-state index in [-0.39, 0.29) is 42.7 Å². The number of amides is 1. The summed E-state index contributed by atoms with van der Waals surface area (Å²) in [6.07, 6.45) is 5.99. The van der Waals surface area contributed by atoms with Crippen LogP contribution in [-0.2, 0) is 22.8 Å². The highest BCUT2D eigenvalue weighted by Gasteiger charge is 2.46. The fraction of sp³-hybridized carbons (Fsp3) is 0.596. The molecule has 2 atom stereocenters. The van der Waals surface area contributed by atoms with Crippen molar-refractivity contribution >= 4 is 58.1 Å². The highest BCUT2D eigenvalue weighted by Crippen LogP contribution is 2.55. The van der Waals surface area contributed by atoms with Gasteiger partial charge < -0.3 is 35.2 Å². The molecule has 3 aliphatic heterocycles. The second-order valence-corrected chi connectivity index (χ2v) is 20.1. The van der Waals surface area contributed by atoms with Gasteiger partial charge in [0.25, 0.3) is 0 Å². The Morgan fingerprint density at radius 3 is 2.48 bits per heavy atom. The highest BCUT2D eigenvalue weighted by atomic mass is 32.2. The first-order chi connectivity index (χ1) is 30.6. The third-order valence-electron chi connectivity index (χ3n) is 14.5. The number of benzene rings is 2. The third kappa shape index (κ3) is 9.53. The Bertz CT molecular complexity index is 2380. The molecule has 3 saturated heterocycles. The van der Waals surface area contributed by atoms with Crippen molar-refractivity contribution in [3.63, 3.8) is 0 Å². The van der Waals surface area contributed by atoms with Crippen LogP contribution in [0.3, 0.4) is 0 Å². The molecule has 4 fully saturated rings. The van der Waals surface area contributed by atoms with Crippen LogP contribution >= 0.6 is 11.8 Å². The van der Waals surface area contributed by atoms with Crippen LogP contribution in [0.4, 0.5) is 36.3 Å². The number of nitrogens with zero attached hydrogens (tertiary/aromatic N) is 7. The third-order valence-corrected chi connectivity index (χ3v) is 15.7. The normalized spacial score (nSPS) is 21.6. The van der Waals surface area contributed by atoms with Gasteiger partial charge in [0.15, 0.2) is 0 Å². The van der Waals surface area contributed by atoms with E-state index in [1.54, 1.807) is 28.1 Å². The summed E-state index contributed by atoms with van der Waals surface area (Å²) in [4.78, 5) is 53.8. The number of fused-ring (bicyclic) bond motifs is 1. The van der Waals surface area contributed by atoms with Gasteiger partial charge in [0.1, 0.15) is 23.7 Å². The molecule has 346 valence electrons. The first-order valence-corrected chi connectivity index (χ1v) is 23.8. The SMILES string of the molecule is CCC1(O)CCCN(c2nc(Nc3ccc(SC4CC5(CCN(CC6CCN(c7cccc8c7n(C)c(=O)n8C(CCC=O)C(=O)NC)CC6)CC5)C4)cc3C)ncc2C(F)(F)F)C1. The summed E-state index contributed by atoms with van der Waals surface area (Å²) in [6.45, 7) is 9.44. The van der Waals surface area contributed by atoms with Crippen molar-refractivity contribution < 1.29 is 27.9 Å². The Morgan fingerprint density at radius 1 is 1.06 bits per heavy atom. The molecule has 0 bridgehead atoms. The molecular weight excluding hydrogens is 844 g/mol. The summed E-state index contributed by atoms with van der Waals surface area (Å²) in [6, 6.07) is 11.3. The Kier molecular flexibility index (Phi) is 13.4. The molecule has 64 heavy (non-hydrogen) atoms. The van der Waals surface area contributed by atoms with E-state index in [4.69, 9.17) is 0 Å². The maximum absolute atomic E-state index is 14.1. The number of β-amino-alcohol motifs (C(OH)–C–C–N with tert-alkyl or cyclic N) is 1. The van der Waals surface area contributed by atoms with Crippen molar-refractivity contribution in [1.29, 1.82) is 0 Å². The van der Waals surface area contributed by atoms with Crippen LogP contribution in [0.5, 0.6) is 0 Å². The number of anilines is 4. The molecule has 1 aliphatic carbocycles. The van der Waals surface area contributed by atoms with Crippen molar-refractivity contribution in [3.8, 4) is 0 Å². The fourth-order valence-corrected chi connectivity index (χ4v) is 12.3. The predicted octanol–water partition coefficient (Wildman–Crippen LogP) is 7.46. The monoisotopic (exact) mass is 905 g/mol. The lowest BCUT2D eigenvalue weighted by atomic mass is 9.63. The second-order valence-electron chi connectivity index (χ2n) is 18.7. The zero-order valence-corrected chi connectivity index (χ0v) is 38.2. The van der Waals surface area contributed by atoms with E-state index >= 15 is 0 Å². The number of aldehydes is 1. The standard InChI is InChI=1S/C47H62F3N9O4S/c1-5-46(63)16-8-19-58(30-46)41-35(47(48,49)50)28-52-43(54-41)53-36-13-12-33(25-31(36)2)64-34-26-45(27-34)17-22-56(23-18-45)29-32-14-20-57(21-15-32)37-9-6-10-38-40(37)55(4)44(62)59(38)39(11-7-24-60)42(61)51-3/h6,9-10,12-13,24-25,28,32,34,39,63H,5,7-8,11,14-23,26-27,29-30H2,1-4H3,(H,51,61)(H,52,53,54). The number of likely N-dealkylation sites (N-methyl/N-ethyl adjacent to an activating group) is 1. The van der Waals surface area contributed by atoms with Crippen molar-refractivity contribution in [2.45, 2.75) is 112 Å². The van der Waals surface area contributed by atoms with E-state index in [1.807, 2.05) is 43.8 Å². The van der Waals surface area contributed by atoms with E-state index in [9.17, 15) is 32.7 Å². The van der Waals surface area contributed by atoms with Gasteiger partial charge in [0, 0.05) is 75.3 Å². The molecule has 17 heteroatoms. The number of carbonyl (C=O) groups is 2. The van der Waals surface area contributed by atoms with Gasteiger partial charge >= 0.3 is 11.9 Å². The quantitative estimate of drug-likeness (QED) is 0.109. The van der Waals surface area contributed by atoms with E-state index in [2.05, 4.69) is 48.6 Å². The minimum absolute atomic E-state index is 0.0900. The van der Waals surface area contributed by atoms with Crippen LogP contribution < -0.4 is 26.1 Å². The van der Waals surface area contributed by atoms with Gasteiger partial charge in [-0.15, -0.1) is 11.8 Å². The van der Waals surface area contributed by atoms with E-state index in [0.717, 1.165) is 80.5 Å². The van der Waals surface area contributed by atoms with Gasteiger partial charge in [-0.05, 0) is 131 Å². The lowest BCUT2D eigenvalue weighted by molar-refractivity contribution is -0.137. The lowest BCUT2D eigenvalue weighted by Crippen LogP contribution is -2.49. The minimum Gasteiger partial charge on any atom is -0.388 e. The molecule has 2 aromatic carbocycles.